The molecule has 1 aromatic rings. The van der Waals surface area contributed by atoms with Crippen LogP contribution in [0.15, 0.2) is 12.1 Å². The molecule has 2 nitrogen and oxygen atoms in total. The van der Waals surface area contributed by atoms with Crippen molar-refractivity contribution in [2.75, 3.05) is 6.61 Å². The predicted molar refractivity (Wildman–Crippen MR) is 61.2 cm³/mol. The third kappa shape index (κ3) is 2.88. The van der Waals surface area contributed by atoms with E-state index in [4.69, 9.17) is 17.0 Å². The van der Waals surface area contributed by atoms with Gasteiger partial charge in [0.15, 0.2) is 5.05 Å². The highest BCUT2D eigenvalue weighted by atomic mass is 32.1. The van der Waals surface area contributed by atoms with Gasteiger partial charge in [-0.25, -0.2) is 0 Å². The van der Waals surface area contributed by atoms with Crippen LogP contribution in [0, 0.1) is 6.92 Å². The number of thiocarbonyl (C=S) groups is 1. The fourth-order valence-electron chi connectivity index (χ4n) is 1.38. The number of benzene rings is 1. The van der Waals surface area contributed by atoms with E-state index in [9.17, 15) is 18.3 Å². The first-order valence-corrected chi connectivity index (χ1v) is 5.26. The molecule has 0 aliphatic heterocycles. The number of hydrogen-bond acceptors (Lipinski definition) is 3. The van der Waals surface area contributed by atoms with Crippen LogP contribution in [-0.2, 0) is 10.9 Å². The fourth-order valence-corrected chi connectivity index (χ4v) is 1.66. The van der Waals surface area contributed by atoms with Crippen molar-refractivity contribution in [3.05, 3.63) is 28.8 Å². The van der Waals surface area contributed by atoms with Gasteiger partial charge in [-0.3, -0.25) is 0 Å². The van der Waals surface area contributed by atoms with Gasteiger partial charge in [0.1, 0.15) is 5.75 Å². The summed E-state index contributed by atoms with van der Waals surface area (Å²) in [6, 6.07) is 2.00. The highest BCUT2D eigenvalue weighted by Crippen LogP contribution is 2.37. The summed E-state index contributed by atoms with van der Waals surface area (Å²) >= 11 is 4.84. The van der Waals surface area contributed by atoms with Gasteiger partial charge in [0.05, 0.1) is 17.7 Å². The van der Waals surface area contributed by atoms with E-state index in [2.05, 4.69) is 0 Å². The molecule has 0 heterocycles. The molecule has 0 atom stereocenters. The molecule has 0 radical (unpaired) electrons. The van der Waals surface area contributed by atoms with Crippen LogP contribution < -0.4 is 0 Å². The van der Waals surface area contributed by atoms with E-state index in [1.165, 1.54) is 6.92 Å². The van der Waals surface area contributed by atoms with Crippen molar-refractivity contribution in [1.82, 2.24) is 0 Å². The fraction of sp³-hybridized carbons (Fsp3) is 0.364. The largest absolute Gasteiger partial charge is 0.507 e. The molecule has 0 spiro atoms. The maximum Gasteiger partial charge on any atom is 0.416 e. The Labute approximate surface area is 102 Å². The van der Waals surface area contributed by atoms with E-state index < -0.39 is 17.5 Å². The topological polar surface area (TPSA) is 29.5 Å². The number of rotatable bonds is 2. The zero-order valence-electron chi connectivity index (χ0n) is 9.26. The van der Waals surface area contributed by atoms with Crippen molar-refractivity contribution in [2.24, 2.45) is 0 Å². The zero-order valence-corrected chi connectivity index (χ0v) is 10.1. The van der Waals surface area contributed by atoms with E-state index >= 15 is 0 Å². The van der Waals surface area contributed by atoms with Gasteiger partial charge in [-0.1, -0.05) is 0 Å². The van der Waals surface area contributed by atoms with Crippen LogP contribution in [0.3, 0.4) is 0 Å². The first-order valence-electron chi connectivity index (χ1n) is 4.86. The molecule has 0 unspecified atom stereocenters. The lowest BCUT2D eigenvalue weighted by molar-refractivity contribution is -0.138. The third-order valence-corrected chi connectivity index (χ3v) is 2.57. The van der Waals surface area contributed by atoms with Crippen LogP contribution in [0.1, 0.15) is 23.6 Å². The summed E-state index contributed by atoms with van der Waals surface area (Å²) in [5, 5.41) is 9.66. The summed E-state index contributed by atoms with van der Waals surface area (Å²) in [5.74, 6) is -0.488. The molecule has 0 aliphatic rings. The second-order valence-electron chi connectivity index (χ2n) is 3.35. The molecular weight excluding hydrogens is 253 g/mol. The Bertz CT molecular complexity index is 441. The number of aromatic hydroxyl groups is 1. The van der Waals surface area contributed by atoms with Crippen molar-refractivity contribution >= 4 is 17.3 Å². The van der Waals surface area contributed by atoms with E-state index in [0.717, 1.165) is 12.1 Å². The van der Waals surface area contributed by atoms with Crippen molar-refractivity contribution in [3.63, 3.8) is 0 Å². The lowest BCUT2D eigenvalue weighted by atomic mass is 10.0. The van der Waals surface area contributed by atoms with Crippen LogP contribution in [0.5, 0.6) is 5.75 Å². The minimum Gasteiger partial charge on any atom is -0.507 e. The Hall–Kier alpha value is -1.30. The number of hydrogen-bond donors (Lipinski definition) is 1. The Morgan fingerprint density at radius 1 is 1.41 bits per heavy atom. The van der Waals surface area contributed by atoms with Gasteiger partial charge < -0.3 is 9.84 Å². The molecule has 0 saturated heterocycles. The second kappa shape index (κ2) is 4.91. The molecule has 1 aromatic carbocycles. The van der Waals surface area contributed by atoms with Crippen molar-refractivity contribution in [2.45, 2.75) is 20.0 Å². The molecule has 0 aromatic heterocycles. The maximum absolute atomic E-state index is 12.5. The molecule has 6 heteroatoms. The minimum atomic E-state index is -4.49. The van der Waals surface area contributed by atoms with Crippen LogP contribution >= 0.6 is 12.2 Å². The summed E-state index contributed by atoms with van der Waals surface area (Å²) < 4.78 is 42.6. The van der Waals surface area contributed by atoms with Crippen LogP contribution in [-0.4, -0.2) is 16.8 Å². The van der Waals surface area contributed by atoms with Crippen LogP contribution in [0.4, 0.5) is 13.2 Å². The first kappa shape index (κ1) is 13.8. The number of alkyl halides is 3. The SMILES string of the molecule is CCOC(=S)c1ccc(C(F)(F)F)c(C)c1O. The standard InChI is InChI=1S/C11H11F3O2S/c1-3-16-10(17)7-4-5-8(11(12,13)14)6(2)9(7)15/h4-5,15H,3H2,1-2H3. The van der Waals surface area contributed by atoms with E-state index in [0.29, 0.717) is 6.61 Å². The molecule has 0 aliphatic carbocycles. The van der Waals surface area contributed by atoms with E-state index in [1.807, 2.05) is 0 Å². The Balaban J connectivity index is 3.25. The van der Waals surface area contributed by atoms with Crippen LogP contribution in [0.25, 0.3) is 0 Å². The normalized spacial score (nSPS) is 11.4. The lowest BCUT2D eigenvalue weighted by Crippen LogP contribution is -2.10. The minimum absolute atomic E-state index is 0.0122. The molecular formula is C11H11F3O2S. The zero-order chi connectivity index (χ0) is 13.2. The number of phenols is 1. The molecule has 0 bridgehead atoms. The summed E-state index contributed by atoms with van der Waals surface area (Å²) in [7, 11) is 0. The summed E-state index contributed by atoms with van der Waals surface area (Å²) in [6.07, 6.45) is -4.49. The highest BCUT2D eigenvalue weighted by molar-refractivity contribution is 7.80. The van der Waals surface area contributed by atoms with Crippen molar-refractivity contribution < 1.29 is 23.0 Å². The number of halogens is 3. The van der Waals surface area contributed by atoms with Gasteiger partial charge in [0, 0.05) is 5.56 Å². The maximum atomic E-state index is 12.5. The van der Waals surface area contributed by atoms with Gasteiger partial charge in [-0.05, 0) is 38.2 Å². The number of phenolic OH excluding ortho intramolecular Hbond substituents is 1. The molecule has 94 valence electrons. The first-order chi connectivity index (χ1) is 7.79. The molecule has 1 N–H and O–H groups in total. The average molecular weight is 264 g/mol. The Kier molecular flexibility index (Phi) is 3.98. The van der Waals surface area contributed by atoms with E-state index in [1.54, 1.807) is 6.92 Å². The van der Waals surface area contributed by atoms with Gasteiger partial charge in [-0.2, -0.15) is 13.2 Å². The summed E-state index contributed by atoms with van der Waals surface area (Å²) in [6.45, 7) is 3.18. The number of ether oxygens (including phenoxy) is 1. The predicted octanol–water partition coefficient (Wildman–Crippen LogP) is 3.43. The van der Waals surface area contributed by atoms with Crippen molar-refractivity contribution in [1.29, 1.82) is 0 Å². The van der Waals surface area contributed by atoms with Gasteiger partial charge in [0.2, 0.25) is 0 Å². The quantitative estimate of drug-likeness (QED) is 0.830. The van der Waals surface area contributed by atoms with Gasteiger partial charge >= 0.3 is 6.18 Å². The van der Waals surface area contributed by atoms with Crippen molar-refractivity contribution in [3.8, 4) is 5.75 Å². The smallest absolute Gasteiger partial charge is 0.416 e. The molecule has 0 amide bonds. The second-order valence-corrected chi connectivity index (χ2v) is 3.72. The third-order valence-electron chi connectivity index (χ3n) is 2.23. The van der Waals surface area contributed by atoms with Crippen LogP contribution in [0.2, 0.25) is 0 Å². The Morgan fingerprint density at radius 2 is 2.00 bits per heavy atom. The highest BCUT2D eigenvalue weighted by Gasteiger charge is 2.34. The summed E-state index contributed by atoms with van der Waals surface area (Å²) in [5.41, 5.74) is -1.03. The van der Waals surface area contributed by atoms with Gasteiger partial charge in [-0.15, -0.1) is 0 Å². The summed E-state index contributed by atoms with van der Waals surface area (Å²) in [4.78, 5) is 0. The molecule has 1 rings (SSSR count). The lowest BCUT2D eigenvalue weighted by Gasteiger charge is -2.14. The van der Waals surface area contributed by atoms with Gasteiger partial charge in [0.25, 0.3) is 0 Å². The average Bonchev–Trinajstić information content (AvgIpc) is 2.20. The van der Waals surface area contributed by atoms with E-state index in [-0.39, 0.29) is 16.2 Å². The molecule has 0 saturated carbocycles. The molecule has 17 heavy (non-hydrogen) atoms. The Morgan fingerprint density at radius 3 is 2.47 bits per heavy atom. The monoisotopic (exact) mass is 264 g/mol. The molecule has 0 fully saturated rings.